The van der Waals surface area contributed by atoms with Crippen LogP contribution < -0.4 is 0 Å². The standard InChI is InChI=1S/C16H21NO2.ClH/c1-14(13-15-5-3-2-4-6-15)16(18)7-8-17-9-11-19-12-10-17;/h2-6,13H,7-12H2,1H3;1H/b14-13+;. The van der Waals surface area contributed by atoms with Gasteiger partial charge in [-0.25, -0.2) is 0 Å². The minimum atomic E-state index is 0. The summed E-state index contributed by atoms with van der Waals surface area (Å²) in [4.78, 5) is 14.4. The van der Waals surface area contributed by atoms with Gasteiger partial charge in [0.25, 0.3) is 0 Å². The van der Waals surface area contributed by atoms with Crippen LogP contribution in [0.3, 0.4) is 0 Å². The number of allylic oxidation sites excluding steroid dienone is 1. The topological polar surface area (TPSA) is 29.5 Å². The van der Waals surface area contributed by atoms with Crippen LogP contribution in [-0.2, 0) is 9.53 Å². The number of rotatable bonds is 5. The molecule has 0 amide bonds. The molecule has 4 heteroatoms. The van der Waals surface area contributed by atoms with E-state index in [1.807, 2.05) is 43.3 Å². The molecule has 1 aliphatic heterocycles. The van der Waals surface area contributed by atoms with Crippen LogP contribution in [-0.4, -0.2) is 43.5 Å². The van der Waals surface area contributed by atoms with E-state index in [1.165, 1.54) is 0 Å². The van der Waals surface area contributed by atoms with E-state index in [0.29, 0.717) is 6.42 Å². The van der Waals surface area contributed by atoms with E-state index in [9.17, 15) is 4.79 Å². The maximum Gasteiger partial charge on any atom is 0.159 e. The molecular formula is C16H22ClNO2. The van der Waals surface area contributed by atoms with Crippen molar-refractivity contribution < 1.29 is 9.53 Å². The molecule has 1 saturated heterocycles. The van der Waals surface area contributed by atoms with Crippen LogP contribution in [0.25, 0.3) is 6.08 Å². The first-order valence-corrected chi connectivity index (χ1v) is 6.82. The van der Waals surface area contributed by atoms with Gasteiger partial charge in [0.2, 0.25) is 0 Å². The molecule has 0 bridgehead atoms. The van der Waals surface area contributed by atoms with Gasteiger partial charge in [0.1, 0.15) is 0 Å². The van der Waals surface area contributed by atoms with E-state index in [4.69, 9.17) is 4.74 Å². The molecule has 3 nitrogen and oxygen atoms in total. The van der Waals surface area contributed by atoms with Crippen LogP contribution in [0.4, 0.5) is 0 Å². The van der Waals surface area contributed by atoms with Gasteiger partial charge in [-0.3, -0.25) is 9.69 Å². The lowest BCUT2D eigenvalue weighted by atomic mass is 10.1. The van der Waals surface area contributed by atoms with Gasteiger partial charge in [0.15, 0.2) is 5.78 Å². The molecular weight excluding hydrogens is 274 g/mol. The molecule has 0 saturated carbocycles. The van der Waals surface area contributed by atoms with E-state index < -0.39 is 0 Å². The van der Waals surface area contributed by atoms with Crippen LogP contribution in [0, 0.1) is 0 Å². The zero-order valence-electron chi connectivity index (χ0n) is 11.9. The molecule has 1 aliphatic rings. The second kappa shape index (κ2) is 8.90. The summed E-state index contributed by atoms with van der Waals surface area (Å²) in [7, 11) is 0. The molecule has 20 heavy (non-hydrogen) atoms. The molecule has 0 aliphatic carbocycles. The van der Waals surface area contributed by atoms with E-state index in [2.05, 4.69) is 4.90 Å². The van der Waals surface area contributed by atoms with E-state index in [-0.39, 0.29) is 18.2 Å². The Hall–Kier alpha value is -1.16. The molecule has 0 radical (unpaired) electrons. The number of nitrogens with zero attached hydrogens (tertiary/aromatic N) is 1. The first kappa shape index (κ1) is 16.9. The Bertz CT molecular complexity index is 439. The summed E-state index contributed by atoms with van der Waals surface area (Å²) in [6, 6.07) is 9.97. The molecule has 110 valence electrons. The number of hydrogen-bond acceptors (Lipinski definition) is 3. The maximum atomic E-state index is 12.1. The van der Waals surface area contributed by atoms with E-state index in [0.717, 1.165) is 44.0 Å². The summed E-state index contributed by atoms with van der Waals surface area (Å²) in [6.07, 6.45) is 2.55. The molecule has 0 unspecified atom stereocenters. The van der Waals surface area contributed by atoms with Crippen molar-refractivity contribution in [1.29, 1.82) is 0 Å². The van der Waals surface area contributed by atoms with Crippen molar-refractivity contribution >= 4 is 24.3 Å². The van der Waals surface area contributed by atoms with E-state index >= 15 is 0 Å². The second-order valence-electron chi connectivity index (χ2n) is 4.87. The third-order valence-corrected chi connectivity index (χ3v) is 3.38. The van der Waals surface area contributed by atoms with Gasteiger partial charge in [-0.1, -0.05) is 30.3 Å². The van der Waals surface area contributed by atoms with Gasteiger partial charge < -0.3 is 4.74 Å². The minimum Gasteiger partial charge on any atom is -0.379 e. The van der Waals surface area contributed by atoms with Crippen molar-refractivity contribution in [3.8, 4) is 0 Å². The molecule has 1 heterocycles. The van der Waals surface area contributed by atoms with Crippen molar-refractivity contribution in [1.82, 2.24) is 4.90 Å². The molecule has 1 aromatic rings. The van der Waals surface area contributed by atoms with Gasteiger partial charge in [0, 0.05) is 26.1 Å². The Morgan fingerprint density at radius 2 is 1.90 bits per heavy atom. The predicted octanol–water partition coefficient (Wildman–Crippen LogP) is 2.80. The monoisotopic (exact) mass is 295 g/mol. The summed E-state index contributed by atoms with van der Waals surface area (Å²) in [5.74, 6) is 0.232. The third-order valence-electron chi connectivity index (χ3n) is 3.38. The summed E-state index contributed by atoms with van der Waals surface area (Å²) in [5.41, 5.74) is 1.92. The van der Waals surface area contributed by atoms with Crippen molar-refractivity contribution in [2.75, 3.05) is 32.8 Å². The van der Waals surface area contributed by atoms with Crippen LogP contribution in [0.1, 0.15) is 18.9 Å². The van der Waals surface area contributed by atoms with E-state index in [1.54, 1.807) is 0 Å². The largest absolute Gasteiger partial charge is 0.379 e. The number of ether oxygens (including phenoxy) is 1. The number of ketones is 1. The van der Waals surface area contributed by atoms with Gasteiger partial charge in [0.05, 0.1) is 13.2 Å². The third kappa shape index (κ3) is 5.45. The maximum absolute atomic E-state index is 12.1. The fourth-order valence-electron chi connectivity index (χ4n) is 2.16. The Balaban J connectivity index is 0.00000200. The number of halogens is 1. The Kier molecular flexibility index (Phi) is 7.52. The highest BCUT2D eigenvalue weighted by molar-refractivity contribution is 5.98. The Morgan fingerprint density at radius 1 is 1.25 bits per heavy atom. The van der Waals surface area contributed by atoms with Gasteiger partial charge in [-0.05, 0) is 24.1 Å². The molecule has 2 rings (SSSR count). The van der Waals surface area contributed by atoms with Crippen molar-refractivity contribution in [2.24, 2.45) is 0 Å². The van der Waals surface area contributed by atoms with Crippen LogP contribution in [0.15, 0.2) is 35.9 Å². The molecule has 1 aromatic carbocycles. The zero-order valence-corrected chi connectivity index (χ0v) is 12.7. The summed E-state index contributed by atoms with van der Waals surface area (Å²) in [6.45, 7) is 6.18. The van der Waals surface area contributed by atoms with Gasteiger partial charge in [-0.2, -0.15) is 0 Å². The lowest BCUT2D eigenvalue weighted by Gasteiger charge is -2.26. The highest BCUT2D eigenvalue weighted by Gasteiger charge is 2.12. The number of hydrogen-bond donors (Lipinski definition) is 0. The lowest BCUT2D eigenvalue weighted by Crippen LogP contribution is -2.37. The normalized spacial score (nSPS) is 16.6. The second-order valence-corrected chi connectivity index (χ2v) is 4.87. The summed E-state index contributed by atoms with van der Waals surface area (Å²) in [5, 5.41) is 0. The quantitative estimate of drug-likeness (QED) is 0.782. The summed E-state index contributed by atoms with van der Waals surface area (Å²) < 4.78 is 5.29. The Morgan fingerprint density at radius 3 is 2.55 bits per heavy atom. The van der Waals surface area contributed by atoms with Crippen LogP contribution >= 0.6 is 12.4 Å². The fraction of sp³-hybridized carbons (Fsp3) is 0.438. The van der Waals surface area contributed by atoms with Crippen molar-refractivity contribution in [3.05, 3.63) is 41.5 Å². The highest BCUT2D eigenvalue weighted by Crippen LogP contribution is 2.09. The highest BCUT2D eigenvalue weighted by atomic mass is 35.5. The SMILES string of the molecule is C/C(=C\c1ccccc1)C(=O)CCN1CCOCC1.Cl. The van der Waals surface area contributed by atoms with Crippen molar-refractivity contribution in [2.45, 2.75) is 13.3 Å². The lowest BCUT2D eigenvalue weighted by molar-refractivity contribution is -0.116. The van der Waals surface area contributed by atoms with Crippen LogP contribution in [0.2, 0.25) is 0 Å². The number of morpholine rings is 1. The molecule has 1 fully saturated rings. The zero-order chi connectivity index (χ0) is 13.5. The molecule has 0 N–H and O–H groups in total. The predicted molar refractivity (Wildman–Crippen MR) is 84.2 cm³/mol. The number of carbonyl (C=O) groups is 1. The smallest absolute Gasteiger partial charge is 0.159 e. The average Bonchev–Trinajstić information content (AvgIpc) is 2.47. The first-order chi connectivity index (χ1) is 9.25. The number of benzene rings is 1. The molecule has 0 spiro atoms. The Labute approximate surface area is 127 Å². The first-order valence-electron chi connectivity index (χ1n) is 6.82. The van der Waals surface area contributed by atoms with Gasteiger partial charge >= 0.3 is 0 Å². The van der Waals surface area contributed by atoms with Gasteiger partial charge in [-0.15, -0.1) is 12.4 Å². The average molecular weight is 296 g/mol. The molecule has 0 atom stereocenters. The number of Topliss-reactive ketones (excluding diaryl/α,β-unsaturated/α-hetero) is 1. The summed E-state index contributed by atoms with van der Waals surface area (Å²) >= 11 is 0. The van der Waals surface area contributed by atoms with Crippen molar-refractivity contribution in [3.63, 3.8) is 0 Å². The van der Waals surface area contributed by atoms with Crippen LogP contribution in [0.5, 0.6) is 0 Å². The fourth-order valence-corrected chi connectivity index (χ4v) is 2.16. The number of carbonyl (C=O) groups excluding carboxylic acids is 1. The molecule has 0 aromatic heterocycles. The minimum absolute atomic E-state index is 0.